The summed E-state index contributed by atoms with van der Waals surface area (Å²) in [5, 5.41) is 2.08. The van der Waals surface area contributed by atoms with Gasteiger partial charge in [0.25, 0.3) is 0 Å². The fourth-order valence-corrected chi connectivity index (χ4v) is 4.53. The summed E-state index contributed by atoms with van der Waals surface area (Å²) in [5.41, 5.74) is 7.86. The molecule has 4 rings (SSSR count). The van der Waals surface area contributed by atoms with Crippen molar-refractivity contribution in [2.24, 2.45) is 0 Å². The zero-order valence-electron chi connectivity index (χ0n) is 14.9. The highest BCUT2D eigenvalue weighted by atomic mass is 32.1. The van der Waals surface area contributed by atoms with Crippen molar-refractivity contribution in [1.29, 1.82) is 0 Å². The van der Waals surface area contributed by atoms with E-state index in [0.717, 1.165) is 45.6 Å². The number of hydrogen-bond donors (Lipinski definition) is 2. The van der Waals surface area contributed by atoms with Gasteiger partial charge in [0, 0.05) is 37.6 Å². The molecule has 6 heteroatoms. The Kier molecular flexibility index (Phi) is 5.65. The topological polar surface area (TPSA) is 47.6 Å². The van der Waals surface area contributed by atoms with Gasteiger partial charge in [-0.25, -0.2) is 10.9 Å². The lowest BCUT2D eigenvalue weighted by Gasteiger charge is -2.35. The average Bonchev–Trinajstić information content (AvgIpc) is 3.38. The quantitative estimate of drug-likeness (QED) is 0.846. The van der Waals surface area contributed by atoms with Gasteiger partial charge in [-0.1, -0.05) is 36.4 Å². The predicted octanol–water partition coefficient (Wildman–Crippen LogP) is 2.04. The molecule has 0 saturated carbocycles. The Morgan fingerprint density at radius 1 is 1.04 bits per heavy atom. The van der Waals surface area contributed by atoms with Gasteiger partial charge in [0.05, 0.1) is 6.04 Å². The third kappa shape index (κ3) is 4.15. The molecular formula is C20H26N4OS. The lowest BCUT2D eigenvalue weighted by atomic mass is 10.1. The second-order valence-corrected chi connectivity index (χ2v) is 8.03. The first kappa shape index (κ1) is 17.7. The van der Waals surface area contributed by atoms with Crippen molar-refractivity contribution < 1.29 is 4.79 Å². The molecule has 2 N–H and O–H groups in total. The minimum Gasteiger partial charge on any atom is -0.339 e. The number of piperazine rings is 1. The fraction of sp³-hybridized carbons (Fsp3) is 0.450. The van der Waals surface area contributed by atoms with Crippen LogP contribution in [-0.4, -0.2) is 54.5 Å². The maximum atomic E-state index is 12.8. The van der Waals surface area contributed by atoms with Gasteiger partial charge in [0.1, 0.15) is 6.04 Å². The van der Waals surface area contributed by atoms with Gasteiger partial charge >= 0.3 is 0 Å². The number of hydrazine groups is 1. The molecule has 0 bridgehead atoms. The molecule has 1 amide bonds. The van der Waals surface area contributed by atoms with Gasteiger partial charge in [0.15, 0.2) is 0 Å². The Morgan fingerprint density at radius 2 is 1.85 bits per heavy atom. The average molecular weight is 371 g/mol. The number of nitrogens with one attached hydrogen (secondary N) is 2. The molecular weight excluding hydrogens is 344 g/mol. The number of hydrogen-bond acceptors (Lipinski definition) is 5. The van der Waals surface area contributed by atoms with Crippen molar-refractivity contribution in [1.82, 2.24) is 20.7 Å². The van der Waals surface area contributed by atoms with Crippen LogP contribution in [0.2, 0.25) is 0 Å². The number of carbonyl (C=O) groups is 1. The Morgan fingerprint density at radius 3 is 2.58 bits per heavy atom. The van der Waals surface area contributed by atoms with E-state index >= 15 is 0 Å². The number of nitrogens with zero attached hydrogens (tertiary/aromatic N) is 2. The summed E-state index contributed by atoms with van der Waals surface area (Å²) >= 11 is 1.74. The number of thiophene rings is 1. The molecule has 2 atom stereocenters. The van der Waals surface area contributed by atoms with Crippen LogP contribution in [0, 0.1) is 0 Å². The van der Waals surface area contributed by atoms with Gasteiger partial charge in [-0.15, -0.1) is 11.3 Å². The van der Waals surface area contributed by atoms with Crippen LogP contribution in [0.1, 0.15) is 22.9 Å². The first-order valence-corrected chi connectivity index (χ1v) is 10.3. The minimum absolute atomic E-state index is 0.113. The second-order valence-electron chi connectivity index (χ2n) is 7.05. The molecule has 1 aromatic carbocycles. The molecule has 0 radical (unpaired) electrons. The molecule has 2 saturated heterocycles. The number of carbonyl (C=O) groups excluding carboxylic acids is 1. The zero-order chi connectivity index (χ0) is 17.8. The summed E-state index contributed by atoms with van der Waals surface area (Å²) in [6.45, 7) is 4.65. The van der Waals surface area contributed by atoms with Crippen molar-refractivity contribution >= 4 is 17.2 Å². The maximum Gasteiger partial charge on any atom is 0.241 e. The van der Waals surface area contributed by atoms with Gasteiger partial charge < -0.3 is 4.90 Å². The lowest BCUT2D eigenvalue weighted by Crippen LogP contribution is -2.53. The SMILES string of the molecule is O=C(C1CC(c2cccs2)NN1)N1CCN(CCc2ccccc2)CC1. The van der Waals surface area contributed by atoms with Crippen molar-refractivity contribution in [2.45, 2.75) is 24.9 Å². The highest BCUT2D eigenvalue weighted by molar-refractivity contribution is 7.10. The normalized spacial score (nSPS) is 24.1. The lowest BCUT2D eigenvalue weighted by molar-refractivity contribution is -0.134. The molecule has 2 fully saturated rings. The molecule has 1 aromatic heterocycles. The zero-order valence-corrected chi connectivity index (χ0v) is 15.8. The van der Waals surface area contributed by atoms with E-state index in [1.54, 1.807) is 11.3 Å². The summed E-state index contributed by atoms with van der Waals surface area (Å²) in [6, 6.07) is 14.9. The molecule has 26 heavy (non-hydrogen) atoms. The third-order valence-corrected chi connectivity index (χ3v) is 6.32. The van der Waals surface area contributed by atoms with E-state index in [4.69, 9.17) is 0 Å². The Labute approximate surface area is 159 Å². The standard InChI is InChI=1S/C20H26N4OS/c25-20(18-15-17(21-22-18)19-7-4-14-26-19)24-12-10-23(11-13-24)9-8-16-5-2-1-3-6-16/h1-7,14,17-18,21-22H,8-13,15H2. The van der Waals surface area contributed by atoms with E-state index in [1.165, 1.54) is 10.4 Å². The van der Waals surface area contributed by atoms with E-state index in [-0.39, 0.29) is 18.0 Å². The van der Waals surface area contributed by atoms with Gasteiger partial charge in [-0.2, -0.15) is 0 Å². The molecule has 0 aliphatic carbocycles. The molecule has 0 spiro atoms. The highest BCUT2D eigenvalue weighted by Gasteiger charge is 2.34. The molecule has 2 unspecified atom stereocenters. The number of amides is 1. The molecule has 138 valence electrons. The largest absolute Gasteiger partial charge is 0.339 e. The van der Waals surface area contributed by atoms with Crippen molar-refractivity contribution in [3.05, 3.63) is 58.3 Å². The van der Waals surface area contributed by atoms with E-state index in [0.29, 0.717) is 0 Å². The van der Waals surface area contributed by atoms with E-state index < -0.39 is 0 Å². The summed E-state index contributed by atoms with van der Waals surface area (Å²) < 4.78 is 0. The highest BCUT2D eigenvalue weighted by Crippen LogP contribution is 2.26. The van der Waals surface area contributed by atoms with Crippen LogP contribution in [0.3, 0.4) is 0 Å². The Hall–Kier alpha value is -1.73. The molecule has 2 aliphatic rings. The van der Waals surface area contributed by atoms with Crippen LogP contribution in [-0.2, 0) is 11.2 Å². The van der Waals surface area contributed by atoms with Crippen LogP contribution < -0.4 is 10.9 Å². The smallest absolute Gasteiger partial charge is 0.241 e. The van der Waals surface area contributed by atoms with E-state index in [2.05, 4.69) is 63.6 Å². The van der Waals surface area contributed by atoms with E-state index in [9.17, 15) is 4.79 Å². The first-order valence-electron chi connectivity index (χ1n) is 9.39. The van der Waals surface area contributed by atoms with Crippen LogP contribution in [0.25, 0.3) is 0 Å². The van der Waals surface area contributed by atoms with Crippen molar-refractivity contribution in [3.63, 3.8) is 0 Å². The molecule has 5 nitrogen and oxygen atoms in total. The number of rotatable bonds is 5. The monoisotopic (exact) mass is 370 g/mol. The van der Waals surface area contributed by atoms with Gasteiger partial charge in [-0.3, -0.25) is 9.69 Å². The minimum atomic E-state index is -0.113. The summed E-state index contributed by atoms with van der Waals surface area (Å²) in [7, 11) is 0. The third-order valence-electron chi connectivity index (χ3n) is 5.33. The second kappa shape index (κ2) is 8.31. The van der Waals surface area contributed by atoms with Crippen LogP contribution in [0.5, 0.6) is 0 Å². The van der Waals surface area contributed by atoms with Gasteiger partial charge in [-0.05, 0) is 29.9 Å². The summed E-state index contributed by atoms with van der Waals surface area (Å²) in [6.07, 6.45) is 1.90. The predicted molar refractivity (Wildman–Crippen MR) is 105 cm³/mol. The molecule has 3 heterocycles. The molecule has 2 aliphatic heterocycles. The fourth-order valence-electron chi connectivity index (χ4n) is 3.74. The van der Waals surface area contributed by atoms with Crippen molar-refractivity contribution in [3.8, 4) is 0 Å². The van der Waals surface area contributed by atoms with Crippen LogP contribution in [0.4, 0.5) is 0 Å². The summed E-state index contributed by atoms with van der Waals surface area (Å²) in [4.78, 5) is 18.6. The summed E-state index contributed by atoms with van der Waals surface area (Å²) in [5.74, 6) is 0.235. The van der Waals surface area contributed by atoms with Gasteiger partial charge in [0.2, 0.25) is 5.91 Å². The Balaban J connectivity index is 1.22. The van der Waals surface area contributed by atoms with E-state index in [1.807, 2.05) is 4.90 Å². The maximum absolute atomic E-state index is 12.8. The Bertz CT molecular complexity index is 698. The molecule has 2 aromatic rings. The number of benzene rings is 1. The van der Waals surface area contributed by atoms with Crippen molar-refractivity contribution in [2.75, 3.05) is 32.7 Å². The first-order chi connectivity index (χ1) is 12.8. The van der Waals surface area contributed by atoms with Crippen LogP contribution in [0.15, 0.2) is 47.8 Å². The van der Waals surface area contributed by atoms with Crippen LogP contribution >= 0.6 is 11.3 Å².